The van der Waals surface area contributed by atoms with Crippen LogP contribution in [-0.4, -0.2) is 27.4 Å². The highest BCUT2D eigenvalue weighted by molar-refractivity contribution is 7.89. The maximum absolute atomic E-state index is 11.9. The van der Waals surface area contributed by atoms with Crippen molar-refractivity contribution in [2.75, 3.05) is 18.4 Å². The van der Waals surface area contributed by atoms with Crippen molar-refractivity contribution in [2.45, 2.75) is 25.2 Å². The number of carbonyl (C=O) groups excluding carboxylic acids is 1. The van der Waals surface area contributed by atoms with Crippen molar-refractivity contribution < 1.29 is 13.2 Å². The third-order valence-electron chi connectivity index (χ3n) is 2.46. The summed E-state index contributed by atoms with van der Waals surface area (Å²) in [5.41, 5.74) is 5.74. The number of amides is 1. The van der Waals surface area contributed by atoms with E-state index < -0.39 is 10.0 Å². The molecular formula is C13H21N3O3S. The summed E-state index contributed by atoms with van der Waals surface area (Å²) < 4.78 is 26.2. The number of rotatable bonds is 7. The zero-order valence-corrected chi connectivity index (χ0v) is 12.5. The quantitative estimate of drug-likeness (QED) is 0.696. The number of nitrogens with two attached hydrogens (primary N) is 1. The molecule has 112 valence electrons. The van der Waals surface area contributed by atoms with E-state index in [0.29, 0.717) is 12.1 Å². The Morgan fingerprint density at radius 1 is 1.35 bits per heavy atom. The van der Waals surface area contributed by atoms with E-state index in [0.717, 1.165) is 0 Å². The van der Waals surface area contributed by atoms with Crippen LogP contribution in [0.25, 0.3) is 0 Å². The topological polar surface area (TPSA) is 101 Å². The molecule has 0 aromatic heterocycles. The van der Waals surface area contributed by atoms with Crippen molar-refractivity contribution >= 4 is 21.6 Å². The van der Waals surface area contributed by atoms with Crippen LogP contribution in [0.5, 0.6) is 0 Å². The molecule has 0 fully saturated rings. The van der Waals surface area contributed by atoms with E-state index in [1.54, 1.807) is 12.1 Å². The Morgan fingerprint density at radius 2 is 2.05 bits per heavy atom. The Labute approximate surface area is 119 Å². The number of benzene rings is 1. The van der Waals surface area contributed by atoms with Gasteiger partial charge in [-0.05, 0) is 24.1 Å². The van der Waals surface area contributed by atoms with Crippen LogP contribution in [0, 0.1) is 5.92 Å². The van der Waals surface area contributed by atoms with Gasteiger partial charge in [-0.15, -0.1) is 0 Å². The van der Waals surface area contributed by atoms with Gasteiger partial charge in [-0.1, -0.05) is 19.9 Å². The molecule has 1 rings (SSSR count). The van der Waals surface area contributed by atoms with Crippen LogP contribution >= 0.6 is 0 Å². The van der Waals surface area contributed by atoms with Gasteiger partial charge < -0.3 is 11.1 Å². The average Bonchev–Trinajstić information content (AvgIpc) is 2.35. The SMILES string of the molecule is CC(C)CC(=O)Nc1cccc(S(=O)(=O)NCCN)c1. The molecule has 20 heavy (non-hydrogen) atoms. The van der Waals surface area contributed by atoms with Gasteiger partial charge in [0.25, 0.3) is 0 Å². The first-order valence-corrected chi connectivity index (χ1v) is 7.93. The number of sulfonamides is 1. The molecule has 0 radical (unpaired) electrons. The Hall–Kier alpha value is -1.44. The monoisotopic (exact) mass is 299 g/mol. The predicted molar refractivity (Wildman–Crippen MR) is 78.8 cm³/mol. The van der Waals surface area contributed by atoms with Crippen LogP contribution in [0.3, 0.4) is 0 Å². The number of carbonyl (C=O) groups is 1. The number of hydrogen-bond acceptors (Lipinski definition) is 4. The van der Waals surface area contributed by atoms with Crippen LogP contribution in [-0.2, 0) is 14.8 Å². The highest BCUT2D eigenvalue weighted by Gasteiger charge is 2.14. The minimum Gasteiger partial charge on any atom is -0.329 e. The van der Waals surface area contributed by atoms with Gasteiger partial charge in [0.2, 0.25) is 15.9 Å². The molecule has 1 aromatic rings. The van der Waals surface area contributed by atoms with Gasteiger partial charge in [0, 0.05) is 25.2 Å². The third kappa shape index (κ3) is 5.28. The summed E-state index contributed by atoms with van der Waals surface area (Å²) in [6.45, 7) is 4.28. The molecule has 7 heteroatoms. The van der Waals surface area contributed by atoms with Gasteiger partial charge in [-0.25, -0.2) is 13.1 Å². The molecule has 1 amide bonds. The first kappa shape index (κ1) is 16.6. The van der Waals surface area contributed by atoms with E-state index >= 15 is 0 Å². The largest absolute Gasteiger partial charge is 0.329 e. The third-order valence-corrected chi connectivity index (χ3v) is 3.92. The summed E-state index contributed by atoms with van der Waals surface area (Å²) >= 11 is 0. The van der Waals surface area contributed by atoms with E-state index in [9.17, 15) is 13.2 Å². The van der Waals surface area contributed by atoms with Crippen LogP contribution in [0.1, 0.15) is 20.3 Å². The second kappa shape index (κ2) is 7.37. The summed E-state index contributed by atoms with van der Waals surface area (Å²) in [7, 11) is -3.59. The van der Waals surface area contributed by atoms with E-state index in [1.807, 2.05) is 13.8 Å². The molecule has 0 unspecified atom stereocenters. The van der Waals surface area contributed by atoms with Gasteiger partial charge in [-0.3, -0.25) is 4.79 Å². The van der Waals surface area contributed by atoms with Gasteiger partial charge in [-0.2, -0.15) is 0 Å². The van der Waals surface area contributed by atoms with Gasteiger partial charge in [0.05, 0.1) is 4.90 Å². The van der Waals surface area contributed by atoms with E-state index in [2.05, 4.69) is 10.0 Å². The highest BCUT2D eigenvalue weighted by atomic mass is 32.2. The number of nitrogens with one attached hydrogen (secondary N) is 2. The Balaban J connectivity index is 2.83. The maximum Gasteiger partial charge on any atom is 0.240 e. The standard InChI is InChI=1S/C13H21N3O3S/c1-10(2)8-13(17)16-11-4-3-5-12(9-11)20(18,19)15-7-6-14/h3-5,9-10,15H,6-8,14H2,1-2H3,(H,16,17). The molecule has 0 saturated heterocycles. The van der Waals surface area contributed by atoms with Crippen LogP contribution in [0.15, 0.2) is 29.2 Å². The fourth-order valence-corrected chi connectivity index (χ4v) is 2.69. The van der Waals surface area contributed by atoms with Crippen molar-refractivity contribution in [3.05, 3.63) is 24.3 Å². The fourth-order valence-electron chi connectivity index (χ4n) is 1.60. The van der Waals surface area contributed by atoms with E-state index in [-0.39, 0.29) is 29.8 Å². The van der Waals surface area contributed by atoms with Crippen molar-refractivity contribution in [1.82, 2.24) is 4.72 Å². The summed E-state index contributed by atoms with van der Waals surface area (Å²) in [4.78, 5) is 11.8. The van der Waals surface area contributed by atoms with E-state index in [4.69, 9.17) is 5.73 Å². The van der Waals surface area contributed by atoms with Crippen LogP contribution in [0.2, 0.25) is 0 Å². The Kier molecular flexibility index (Phi) is 6.12. The summed E-state index contributed by atoms with van der Waals surface area (Å²) in [6, 6.07) is 6.14. The van der Waals surface area contributed by atoms with Gasteiger partial charge in [0.15, 0.2) is 0 Å². The van der Waals surface area contributed by atoms with Gasteiger partial charge in [0.1, 0.15) is 0 Å². The normalized spacial score (nSPS) is 11.6. The zero-order valence-electron chi connectivity index (χ0n) is 11.7. The lowest BCUT2D eigenvalue weighted by atomic mass is 10.1. The molecule has 1 aromatic carbocycles. The van der Waals surface area contributed by atoms with Crippen LogP contribution in [0.4, 0.5) is 5.69 Å². The number of hydrogen-bond donors (Lipinski definition) is 3. The van der Waals surface area contributed by atoms with Crippen molar-refractivity contribution in [2.24, 2.45) is 11.7 Å². The van der Waals surface area contributed by atoms with Gasteiger partial charge >= 0.3 is 0 Å². The van der Waals surface area contributed by atoms with Crippen molar-refractivity contribution in [3.8, 4) is 0 Å². The minimum atomic E-state index is -3.59. The molecule has 0 bridgehead atoms. The second-order valence-electron chi connectivity index (χ2n) is 4.86. The predicted octanol–water partition coefficient (Wildman–Crippen LogP) is 0.908. The number of anilines is 1. The fraction of sp³-hybridized carbons (Fsp3) is 0.462. The summed E-state index contributed by atoms with van der Waals surface area (Å²) in [5, 5.41) is 2.69. The average molecular weight is 299 g/mol. The molecule has 0 heterocycles. The van der Waals surface area contributed by atoms with Crippen molar-refractivity contribution in [1.29, 1.82) is 0 Å². The molecule has 4 N–H and O–H groups in total. The zero-order chi connectivity index (χ0) is 15.2. The molecule has 0 aliphatic heterocycles. The lowest BCUT2D eigenvalue weighted by Crippen LogP contribution is -2.29. The molecule has 0 saturated carbocycles. The Bertz CT molecular complexity index is 556. The second-order valence-corrected chi connectivity index (χ2v) is 6.63. The summed E-state index contributed by atoms with van der Waals surface area (Å²) in [5.74, 6) is 0.109. The molecule has 0 atom stereocenters. The Morgan fingerprint density at radius 3 is 2.65 bits per heavy atom. The molecule has 0 spiro atoms. The van der Waals surface area contributed by atoms with Crippen LogP contribution < -0.4 is 15.8 Å². The van der Waals surface area contributed by atoms with Crippen molar-refractivity contribution in [3.63, 3.8) is 0 Å². The molecular weight excluding hydrogens is 278 g/mol. The molecule has 0 aliphatic rings. The first-order chi connectivity index (χ1) is 9.35. The smallest absolute Gasteiger partial charge is 0.240 e. The maximum atomic E-state index is 11.9. The molecule has 6 nitrogen and oxygen atoms in total. The lowest BCUT2D eigenvalue weighted by Gasteiger charge is -2.10. The summed E-state index contributed by atoms with van der Waals surface area (Å²) in [6.07, 6.45) is 0.391. The highest BCUT2D eigenvalue weighted by Crippen LogP contribution is 2.16. The minimum absolute atomic E-state index is 0.105. The first-order valence-electron chi connectivity index (χ1n) is 6.45. The molecule has 0 aliphatic carbocycles. The van der Waals surface area contributed by atoms with E-state index in [1.165, 1.54) is 12.1 Å². The lowest BCUT2D eigenvalue weighted by molar-refractivity contribution is -0.116.